The maximum Gasteiger partial charge on any atom is 0.157 e. The van der Waals surface area contributed by atoms with E-state index in [1.807, 2.05) is 36.4 Å². The topological polar surface area (TPSA) is 50.2 Å². The van der Waals surface area contributed by atoms with Crippen molar-refractivity contribution in [2.45, 2.75) is 6.92 Å². The molecular formula is C16H14N4. The van der Waals surface area contributed by atoms with E-state index in [9.17, 15) is 0 Å². The van der Waals surface area contributed by atoms with Crippen LogP contribution in [0.25, 0.3) is 10.9 Å². The number of hydrogen-bond acceptors (Lipinski definition) is 4. The Labute approximate surface area is 117 Å². The molecule has 4 heteroatoms. The van der Waals surface area contributed by atoms with Crippen molar-refractivity contribution in [2.24, 2.45) is 5.10 Å². The lowest BCUT2D eigenvalue weighted by atomic mass is 10.2. The number of anilines is 1. The Morgan fingerprint density at radius 2 is 1.80 bits per heavy atom. The third-order valence-electron chi connectivity index (χ3n) is 3.00. The van der Waals surface area contributed by atoms with Crippen molar-refractivity contribution < 1.29 is 0 Å². The van der Waals surface area contributed by atoms with Crippen LogP contribution in [-0.4, -0.2) is 16.2 Å². The minimum atomic E-state index is 0.707. The number of rotatable bonds is 3. The molecule has 0 spiro atoms. The smallest absolute Gasteiger partial charge is 0.157 e. The first kappa shape index (κ1) is 12.3. The molecule has 0 amide bonds. The molecule has 3 rings (SSSR count). The van der Waals surface area contributed by atoms with E-state index in [4.69, 9.17) is 0 Å². The van der Waals surface area contributed by atoms with Gasteiger partial charge in [0, 0.05) is 5.39 Å². The first-order valence-corrected chi connectivity index (χ1v) is 6.38. The van der Waals surface area contributed by atoms with Gasteiger partial charge >= 0.3 is 0 Å². The van der Waals surface area contributed by atoms with Crippen molar-refractivity contribution in [3.63, 3.8) is 0 Å². The molecular weight excluding hydrogens is 248 g/mol. The summed E-state index contributed by atoms with van der Waals surface area (Å²) in [4.78, 5) is 8.43. The lowest BCUT2D eigenvalue weighted by Gasteiger charge is -2.03. The molecule has 1 aromatic heterocycles. The summed E-state index contributed by atoms with van der Waals surface area (Å²) in [7, 11) is 0. The predicted molar refractivity (Wildman–Crippen MR) is 81.9 cm³/mol. The SMILES string of the molecule is Cc1ccc(C=NNc2ncnc3ccccc23)cc1. The van der Waals surface area contributed by atoms with Gasteiger partial charge in [-0.3, -0.25) is 5.43 Å². The van der Waals surface area contributed by atoms with Crippen LogP contribution in [0.2, 0.25) is 0 Å². The van der Waals surface area contributed by atoms with Crippen LogP contribution >= 0.6 is 0 Å². The highest BCUT2D eigenvalue weighted by Crippen LogP contribution is 2.17. The maximum atomic E-state index is 4.23. The summed E-state index contributed by atoms with van der Waals surface area (Å²) >= 11 is 0. The summed E-state index contributed by atoms with van der Waals surface area (Å²) in [5.74, 6) is 0.707. The Kier molecular flexibility index (Phi) is 3.37. The summed E-state index contributed by atoms with van der Waals surface area (Å²) in [6, 6.07) is 16.0. The normalized spacial score (nSPS) is 11.1. The van der Waals surface area contributed by atoms with E-state index in [0.29, 0.717) is 5.82 Å². The maximum absolute atomic E-state index is 4.23. The number of benzene rings is 2. The molecule has 20 heavy (non-hydrogen) atoms. The molecule has 0 aliphatic heterocycles. The van der Waals surface area contributed by atoms with Crippen molar-refractivity contribution in [3.8, 4) is 0 Å². The van der Waals surface area contributed by atoms with Gasteiger partial charge in [0.05, 0.1) is 11.7 Å². The van der Waals surface area contributed by atoms with Crippen LogP contribution in [0.5, 0.6) is 0 Å². The Bertz CT molecular complexity index is 743. The van der Waals surface area contributed by atoms with Crippen LogP contribution in [0.1, 0.15) is 11.1 Å². The fourth-order valence-electron chi connectivity index (χ4n) is 1.91. The number of hydrazone groups is 1. The first-order valence-electron chi connectivity index (χ1n) is 6.38. The number of nitrogens with one attached hydrogen (secondary N) is 1. The van der Waals surface area contributed by atoms with E-state index >= 15 is 0 Å². The van der Waals surface area contributed by atoms with Crippen LogP contribution in [-0.2, 0) is 0 Å². The Balaban J connectivity index is 1.81. The van der Waals surface area contributed by atoms with Crippen LogP contribution in [0, 0.1) is 6.92 Å². The zero-order valence-corrected chi connectivity index (χ0v) is 11.1. The molecule has 0 radical (unpaired) electrons. The highest BCUT2D eigenvalue weighted by Gasteiger charge is 2.00. The molecule has 1 N–H and O–H groups in total. The van der Waals surface area contributed by atoms with Crippen molar-refractivity contribution in [1.82, 2.24) is 9.97 Å². The monoisotopic (exact) mass is 262 g/mol. The third-order valence-corrected chi connectivity index (χ3v) is 3.00. The van der Waals surface area contributed by atoms with Crippen LogP contribution < -0.4 is 5.43 Å². The highest BCUT2D eigenvalue weighted by molar-refractivity contribution is 5.89. The van der Waals surface area contributed by atoms with Gasteiger partial charge in [0.15, 0.2) is 5.82 Å². The fraction of sp³-hybridized carbons (Fsp3) is 0.0625. The second-order valence-corrected chi connectivity index (χ2v) is 4.52. The van der Waals surface area contributed by atoms with Gasteiger partial charge in [-0.15, -0.1) is 0 Å². The molecule has 3 aromatic rings. The second kappa shape index (κ2) is 5.48. The van der Waals surface area contributed by atoms with Gasteiger partial charge in [0.1, 0.15) is 6.33 Å². The molecule has 0 unspecified atom stereocenters. The lowest BCUT2D eigenvalue weighted by Crippen LogP contribution is -1.95. The van der Waals surface area contributed by atoms with Gasteiger partial charge in [0.2, 0.25) is 0 Å². The number of aryl methyl sites for hydroxylation is 1. The fourth-order valence-corrected chi connectivity index (χ4v) is 1.91. The highest BCUT2D eigenvalue weighted by atomic mass is 15.3. The number of fused-ring (bicyclic) bond motifs is 1. The summed E-state index contributed by atoms with van der Waals surface area (Å²) < 4.78 is 0. The van der Waals surface area contributed by atoms with Gasteiger partial charge in [-0.1, -0.05) is 42.0 Å². The van der Waals surface area contributed by atoms with Crippen molar-refractivity contribution in [3.05, 3.63) is 66.0 Å². The first-order chi connectivity index (χ1) is 9.83. The summed E-state index contributed by atoms with van der Waals surface area (Å²) in [5.41, 5.74) is 6.14. The molecule has 0 aliphatic carbocycles. The summed E-state index contributed by atoms with van der Waals surface area (Å²) in [5, 5.41) is 5.18. The quantitative estimate of drug-likeness (QED) is 0.581. The Morgan fingerprint density at radius 1 is 1.00 bits per heavy atom. The molecule has 0 atom stereocenters. The second-order valence-electron chi connectivity index (χ2n) is 4.52. The number of nitrogens with zero attached hydrogens (tertiary/aromatic N) is 3. The molecule has 0 saturated carbocycles. The molecule has 0 fully saturated rings. The van der Waals surface area contributed by atoms with Gasteiger partial charge in [-0.2, -0.15) is 5.10 Å². The van der Waals surface area contributed by atoms with E-state index in [2.05, 4.69) is 39.6 Å². The van der Waals surface area contributed by atoms with Crippen LogP contribution in [0.15, 0.2) is 60.0 Å². The van der Waals surface area contributed by atoms with E-state index in [-0.39, 0.29) is 0 Å². The van der Waals surface area contributed by atoms with Gasteiger partial charge in [-0.05, 0) is 24.6 Å². The zero-order valence-electron chi connectivity index (χ0n) is 11.1. The third kappa shape index (κ3) is 2.64. The van der Waals surface area contributed by atoms with Gasteiger partial charge in [0.25, 0.3) is 0 Å². The molecule has 1 heterocycles. The average Bonchev–Trinajstić information content (AvgIpc) is 2.49. The minimum Gasteiger partial charge on any atom is -0.261 e. The zero-order chi connectivity index (χ0) is 13.8. The van der Waals surface area contributed by atoms with Crippen molar-refractivity contribution in [2.75, 3.05) is 5.43 Å². The van der Waals surface area contributed by atoms with Gasteiger partial charge in [-0.25, -0.2) is 9.97 Å². The molecule has 0 saturated heterocycles. The summed E-state index contributed by atoms with van der Waals surface area (Å²) in [6.45, 7) is 2.06. The largest absolute Gasteiger partial charge is 0.261 e. The molecule has 4 nitrogen and oxygen atoms in total. The lowest BCUT2D eigenvalue weighted by molar-refractivity contribution is 1.18. The Hall–Kier alpha value is -2.75. The number of hydrogen-bond donors (Lipinski definition) is 1. The Morgan fingerprint density at radius 3 is 2.65 bits per heavy atom. The van der Waals surface area contributed by atoms with E-state index in [1.54, 1.807) is 6.21 Å². The van der Waals surface area contributed by atoms with E-state index in [1.165, 1.54) is 11.9 Å². The van der Waals surface area contributed by atoms with Crippen molar-refractivity contribution >= 4 is 22.9 Å². The molecule has 98 valence electrons. The van der Waals surface area contributed by atoms with Gasteiger partial charge < -0.3 is 0 Å². The number of para-hydroxylation sites is 1. The van der Waals surface area contributed by atoms with Crippen molar-refractivity contribution in [1.29, 1.82) is 0 Å². The molecule has 2 aromatic carbocycles. The standard InChI is InChI=1S/C16H14N4/c1-12-6-8-13(9-7-12)10-19-20-16-14-4-2-3-5-15(14)17-11-18-16/h2-11H,1H3,(H,17,18,20). The van der Waals surface area contributed by atoms with Crippen LogP contribution in [0.4, 0.5) is 5.82 Å². The van der Waals surface area contributed by atoms with Crippen LogP contribution in [0.3, 0.4) is 0 Å². The minimum absolute atomic E-state index is 0.707. The average molecular weight is 262 g/mol. The van der Waals surface area contributed by atoms with E-state index in [0.717, 1.165) is 16.5 Å². The molecule has 0 aliphatic rings. The molecule has 0 bridgehead atoms. The predicted octanol–water partition coefficient (Wildman–Crippen LogP) is 3.38. The number of aromatic nitrogens is 2. The summed E-state index contributed by atoms with van der Waals surface area (Å²) in [6.07, 6.45) is 3.31. The van der Waals surface area contributed by atoms with E-state index < -0.39 is 0 Å².